The van der Waals surface area contributed by atoms with Gasteiger partial charge in [0.05, 0.1) is 26.4 Å². The highest BCUT2D eigenvalue weighted by Crippen LogP contribution is 2.41. The molecule has 0 unspecified atom stereocenters. The molecule has 1 saturated heterocycles. The summed E-state index contributed by atoms with van der Waals surface area (Å²) >= 11 is 0. The topological polar surface area (TPSA) is 57.2 Å². The molecule has 0 saturated carbocycles. The summed E-state index contributed by atoms with van der Waals surface area (Å²) in [6, 6.07) is 37.4. The molecule has 4 atom stereocenters. The lowest BCUT2D eigenvalue weighted by molar-refractivity contribution is -0.0898. The molecule has 0 bridgehead atoms. The van der Waals surface area contributed by atoms with Gasteiger partial charge in [-0.25, -0.2) is 0 Å². The number of phenols is 1. The van der Waals surface area contributed by atoms with E-state index in [9.17, 15) is 5.11 Å². The third-order valence-electron chi connectivity index (χ3n) is 6.52. The minimum Gasteiger partial charge on any atom is -0.508 e. The van der Waals surface area contributed by atoms with Crippen LogP contribution in [0.3, 0.4) is 0 Å². The van der Waals surface area contributed by atoms with E-state index in [1.165, 1.54) is 0 Å². The van der Waals surface area contributed by atoms with E-state index < -0.39 is 18.3 Å². The van der Waals surface area contributed by atoms with Gasteiger partial charge in [-0.2, -0.15) is 0 Å². The fourth-order valence-corrected chi connectivity index (χ4v) is 4.62. The van der Waals surface area contributed by atoms with Gasteiger partial charge in [-0.05, 0) is 22.8 Å². The van der Waals surface area contributed by atoms with E-state index in [0.29, 0.717) is 32.0 Å². The van der Waals surface area contributed by atoms with Gasteiger partial charge in [0, 0.05) is 5.56 Å². The molecule has 37 heavy (non-hydrogen) atoms. The molecule has 1 fully saturated rings. The van der Waals surface area contributed by atoms with Gasteiger partial charge in [0.15, 0.2) is 0 Å². The van der Waals surface area contributed by atoms with E-state index in [-0.39, 0.29) is 11.9 Å². The molecule has 0 radical (unpaired) electrons. The second-order valence-corrected chi connectivity index (χ2v) is 9.18. The normalized spacial score (nSPS) is 21.2. The third kappa shape index (κ3) is 6.64. The molecule has 5 rings (SSSR count). The molecule has 0 spiro atoms. The number of rotatable bonds is 11. The third-order valence-corrected chi connectivity index (χ3v) is 6.52. The van der Waals surface area contributed by atoms with Gasteiger partial charge in [0.1, 0.15) is 30.2 Å². The predicted octanol–water partition coefficient (Wildman–Crippen LogP) is 6.22. The first kappa shape index (κ1) is 25.2. The number of ether oxygens (including phenoxy) is 4. The van der Waals surface area contributed by atoms with Crippen molar-refractivity contribution in [1.82, 2.24) is 0 Å². The van der Waals surface area contributed by atoms with Crippen LogP contribution >= 0.6 is 0 Å². The fourth-order valence-electron chi connectivity index (χ4n) is 4.62. The van der Waals surface area contributed by atoms with Crippen molar-refractivity contribution in [3.63, 3.8) is 0 Å². The standard InChI is InChI=1S/C32H32O5/c33-28-19-11-10-18-27(28)30-32(36-22-26-16-8-3-9-17-26)31(35-21-25-14-6-2-7-15-25)29(37-30)23-34-20-24-12-4-1-5-13-24/h1-19,29-33H,20-23H2/t29-,30+,31-,32-/m1/s1. The Morgan fingerprint density at radius 3 is 1.62 bits per heavy atom. The summed E-state index contributed by atoms with van der Waals surface area (Å²) in [5.74, 6) is 0.175. The minimum absolute atomic E-state index is 0.175. The van der Waals surface area contributed by atoms with Crippen molar-refractivity contribution in [1.29, 1.82) is 0 Å². The van der Waals surface area contributed by atoms with Gasteiger partial charge in [-0.3, -0.25) is 0 Å². The van der Waals surface area contributed by atoms with Crippen LogP contribution in [-0.4, -0.2) is 30.0 Å². The predicted molar refractivity (Wildman–Crippen MR) is 142 cm³/mol. The summed E-state index contributed by atoms with van der Waals surface area (Å²) in [5.41, 5.74) is 3.90. The van der Waals surface area contributed by atoms with Gasteiger partial charge in [-0.15, -0.1) is 0 Å². The maximum Gasteiger partial charge on any atom is 0.121 e. The van der Waals surface area contributed by atoms with E-state index in [1.807, 2.05) is 103 Å². The Morgan fingerprint density at radius 1 is 0.568 bits per heavy atom. The smallest absolute Gasteiger partial charge is 0.121 e. The highest BCUT2D eigenvalue weighted by atomic mass is 16.6. The molecule has 1 aliphatic rings. The summed E-state index contributed by atoms with van der Waals surface area (Å²) in [4.78, 5) is 0. The second kappa shape index (κ2) is 12.7. The van der Waals surface area contributed by atoms with Crippen molar-refractivity contribution in [2.45, 2.75) is 44.2 Å². The van der Waals surface area contributed by atoms with Crippen LogP contribution in [-0.2, 0) is 38.8 Å². The van der Waals surface area contributed by atoms with E-state index in [1.54, 1.807) is 12.1 Å². The maximum atomic E-state index is 10.7. The average Bonchev–Trinajstić information content (AvgIpc) is 3.29. The van der Waals surface area contributed by atoms with Crippen LogP contribution in [0.2, 0.25) is 0 Å². The number of benzene rings is 4. The zero-order valence-electron chi connectivity index (χ0n) is 20.7. The van der Waals surface area contributed by atoms with Crippen molar-refractivity contribution >= 4 is 0 Å². The summed E-state index contributed by atoms with van der Waals surface area (Å²) in [6.45, 7) is 1.64. The molecule has 190 valence electrons. The number of hydrogen-bond acceptors (Lipinski definition) is 5. The highest BCUT2D eigenvalue weighted by Gasteiger charge is 2.47. The summed E-state index contributed by atoms with van der Waals surface area (Å²) in [5, 5.41) is 10.7. The molecular weight excluding hydrogens is 464 g/mol. The lowest BCUT2D eigenvalue weighted by Gasteiger charge is -2.25. The molecule has 0 aliphatic carbocycles. The van der Waals surface area contributed by atoms with Crippen molar-refractivity contribution in [2.75, 3.05) is 6.61 Å². The molecule has 1 aliphatic heterocycles. The monoisotopic (exact) mass is 496 g/mol. The SMILES string of the molecule is Oc1ccccc1[C@@H]1O[C@H](COCc2ccccc2)[C@@H](OCc2ccccc2)[C@@H]1OCc1ccccc1. The molecule has 4 aromatic carbocycles. The average molecular weight is 497 g/mol. The van der Waals surface area contributed by atoms with Gasteiger partial charge in [-0.1, -0.05) is 109 Å². The number of aromatic hydroxyl groups is 1. The lowest BCUT2D eigenvalue weighted by Crippen LogP contribution is -2.37. The Morgan fingerprint density at radius 2 is 1.05 bits per heavy atom. The Bertz CT molecular complexity index is 1220. The van der Waals surface area contributed by atoms with Crippen LogP contribution in [0.4, 0.5) is 0 Å². The number of hydrogen-bond donors (Lipinski definition) is 1. The molecule has 5 nitrogen and oxygen atoms in total. The fraction of sp³-hybridized carbons (Fsp3) is 0.250. The maximum absolute atomic E-state index is 10.7. The van der Waals surface area contributed by atoms with Crippen LogP contribution < -0.4 is 0 Å². The Kier molecular flexibility index (Phi) is 8.62. The van der Waals surface area contributed by atoms with E-state index in [4.69, 9.17) is 18.9 Å². The molecular formula is C32H32O5. The van der Waals surface area contributed by atoms with Crippen molar-refractivity contribution < 1.29 is 24.1 Å². The van der Waals surface area contributed by atoms with Crippen molar-refractivity contribution in [3.8, 4) is 5.75 Å². The quantitative estimate of drug-likeness (QED) is 0.267. The summed E-state index contributed by atoms with van der Waals surface area (Å²) in [6.07, 6.45) is -1.72. The zero-order chi connectivity index (χ0) is 25.3. The summed E-state index contributed by atoms with van der Waals surface area (Å²) < 4.78 is 25.6. The van der Waals surface area contributed by atoms with Crippen LogP contribution in [0.15, 0.2) is 115 Å². The molecule has 1 heterocycles. The number of phenolic OH excluding ortho intramolecular Hbond substituents is 1. The lowest BCUT2D eigenvalue weighted by atomic mass is 10.00. The van der Waals surface area contributed by atoms with Gasteiger partial charge >= 0.3 is 0 Å². The van der Waals surface area contributed by atoms with Crippen LogP contribution in [0.1, 0.15) is 28.4 Å². The van der Waals surface area contributed by atoms with Crippen molar-refractivity contribution in [3.05, 3.63) is 138 Å². The minimum atomic E-state index is -0.504. The first-order valence-corrected chi connectivity index (χ1v) is 12.6. The van der Waals surface area contributed by atoms with Crippen molar-refractivity contribution in [2.24, 2.45) is 0 Å². The van der Waals surface area contributed by atoms with E-state index in [0.717, 1.165) is 16.7 Å². The van der Waals surface area contributed by atoms with Crippen LogP contribution in [0, 0.1) is 0 Å². The molecule has 4 aromatic rings. The van der Waals surface area contributed by atoms with Gasteiger partial charge in [0.25, 0.3) is 0 Å². The van der Waals surface area contributed by atoms with Crippen LogP contribution in [0.5, 0.6) is 5.75 Å². The first-order valence-electron chi connectivity index (χ1n) is 12.6. The largest absolute Gasteiger partial charge is 0.508 e. The molecule has 0 amide bonds. The second-order valence-electron chi connectivity index (χ2n) is 9.18. The van der Waals surface area contributed by atoms with E-state index >= 15 is 0 Å². The number of para-hydroxylation sites is 1. The Hall–Kier alpha value is -3.48. The van der Waals surface area contributed by atoms with Gasteiger partial charge < -0.3 is 24.1 Å². The molecule has 0 aromatic heterocycles. The van der Waals surface area contributed by atoms with E-state index in [2.05, 4.69) is 0 Å². The summed E-state index contributed by atoms with van der Waals surface area (Å²) in [7, 11) is 0. The molecule has 5 heteroatoms. The zero-order valence-corrected chi connectivity index (χ0v) is 20.7. The van der Waals surface area contributed by atoms with Crippen LogP contribution in [0.25, 0.3) is 0 Å². The molecule has 1 N–H and O–H groups in total. The van der Waals surface area contributed by atoms with Gasteiger partial charge in [0.2, 0.25) is 0 Å². The Balaban J connectivity index is 1.38. The highest BCUT2D eigenvalue weighted by molar-refractivity contribution is 5.35. The Labute approximate surface area is 218 Å². The first-order chi connectivity index (χ1) is 18.3.